The number of oxazole rings is 1. The molecule has 0 spiro atoms. The second kappa shape index (κ2) is 6.04. The van der Waals surface area contributed by atoms with Crippen molar-refractivity contribution in [3.63, 3.8) is 0 Å². The van der Waals surface area contributed by atoms with Gasteiger partial charge in [0.2, 0.25) is 5.89 Å². The molecular formula is C14H21N3O2. The average molecular weight is 263 g/mol. The van der Waals surface area contributed by atoms with E-state index in [1.807, 2.05) is 18.2 Å². The van der Waals surface area contributed by atoms with Gasteiger partial charge in [0.25, 0.3) is 0 Å². The lowest BCUT2D eigenvalue weighted by Crippen LogP contribution is -2.31. The molecule has 104 valence electrons. The number of benzene rings is 1. The molecule has 0 bridgehead atoms. The Morgan fingerprint density at radius 1 is 1.42 bits per heavy atom. The molecule has 1 aromatic heterocycles. The maximum Gasteiger partial charge on any atom is 0.209 e. The van der Waals surface area contributed by atoms with Gasteiger partial charge >= 0.3 is 0 Å². The minimum Gasteiger partial charge on any atom is -0.439 e. The van der Waals surface area contributed by atoms with Crippen molar-refractivity contribution in [1.29, 1.82) is 0 Å². The Bertz CT molecular complexity index is 536. The first-order chi connectivity index (χ1) is 9.10. The number of nitrogen functional groups attached to an aromatic ring is 1. The van der Waals surface area contributed by atoms with Gasteiger partial charge in [0.15, 0.2) is 5.58 Å². The van der Waals surface area contributed by atoms with Crippen molar-refractivity contribution in [3.05, 3.63) is 24.1 Å². The molecule has 1 heterocycles. The third kappa shape index (κ3) is 3.45. The third-order valence-corrected chi connectivity index (χ3v) is 3.13. The summed E-state index contributed by atoms with van der Waals surface area (Å²) in [5.74, 6) is 0.687. The van der Waals surface area contributed by atoms with Crippen molar-refractivity contribution in [2.45, 2.75) is 32.9 Å². The fraction of sp³-hybridized carbons (Fsp3) is 0.500. The molecule has 0 aliphatic carbocycles. The van der Waals surface area contributed by atoms with Gasteiger partial charge < -0.3 is 15.3 Å². The first kappa shape index (κ1) is 13.8. The topological polar surface area (TPSA) is 75.5 Å². The summed E-state index contributed by atoms with van der Waals surface area (Å²) >= 11 is 0. The van der Waals surface area contributed by atoms with Gasteiger partial charge in [-0.3, -0.25) is 4.90 Å². The number of rotatable bonds is 6. The van der Waals surface area contributed by atoms with Gasteiger partial charge in [-0.2, -0.15) is 0 Å². The Morgan fingerprint density at radius 2 is 2.21 bits per heavy atom. The van der Waals surface area contributed by atoms with E-state index in [1.165, 1.54) is 0 Å². The van der Waals surface area contributed by atoms with Crippen LogP contribution in [0.3, 0.4) is 0 Å². The Kier molecular flexibility index (Phi) is 4.39. The number of aliphatic hydroxyl groups excluding tert-OH is 1. The second-order valence-corrected chi connectivity index (χ2v) is 4.98. The van der Waals surface area contributed by atoms with E-state index in [-0.39, 0.29) is 6.61 Å². The van der Waals surface area contributed by atoms with E-state index in [2.05, 4.69) is 23.7 Å². The molecule has 0 atom stereocenters. The molecular weight excluding hydrogens is 242 g/mol. The Hall–Kier alpha value is -1.59. The largest absolute Gasteiger partial charge is 0.439 e. The summed E-state index contributed by atoms with van der Waals surface area (Å²) in [6, 6.07) is 5.85. The summed E-state index contributed by atoms with van der Waals surface area (Å²) in [7, 11) is 0. The minimum atomic E-state index is 0.202. The van der Waals surface area contributed by atoms with Crippen LogP contribution in [-0.4, -0.2) is 34.2 Å². The number of nitrogens with zero attached hydrogens (tertiary/aromatic N) is 2. The van der Waals surface area contributed by atoms with E-state index in [1.54, 1.807) is 0 Å². The molecule has 3 N–H and O–H groups in total. The monoisotopic (exact) mass is 263 g/mol. The summed E-state index contributed by atoms with van der Waals surface area (Å²) in [6.45, 7) is 5.92. The van der Waals surface area contributed by atoms with E-state index in [9.17, 15) is 0 Å². The van der Waals surface area contributed by atoms with Crippen molar-refractivity contribution in [2.24, 2.45) is 0 Å². The highest BCUT2D eigenvalue weighted by Gasteiger charge is 2.14. The van der Waals surface area contributed by atoms with Crippen LogP contribution in [0.25, 0.3) is 11.1 Å². The number of aliphatic hydroxyl groups is 1. The van der Waals surface area contributed by atoms with E-state index in [0.717, 1.165) is 24.1 Å². The molecule has 0 radical (unpaired) electrons. The zero-order chi connectivity index (χ0) is 13.8. The maximum absolute atomic E-state index is 8.93. The van der Waals surface area contributed by atoms with Crippen LogP contribution >= 0.6 is 0 Å². The van der Waals surface area contributed by atoms with Crippen LogP contribution in [-0.2, 0) is 6.54 Å². The van der Waals surface area contributed by atoms with E-state index < -0.39 is 0 Å². The van der Waals surface area contributed by atoms with Crippen LogP contribution < -0.4 is 5.73 Å². The van der Waals surface area contributed by atoms with Gasteiger partial charge in [0, 0.05) is 24.9 Å². The number of hydrogen-bond donors (Lipinski definition) is 2. The van der Waals surface area contributed by atoms with Gasteiger partial charge in [-0.1, -0.05) is 0 Å². The van der Waals surface area contributed by atoms with Gasteiger partial charge in [0.1, 0.15) is 5.52 Å². The standard InChI is InChI=1S/C14H21N3O2/c1-10(2)17(6-3-7-18)9-14-16-12-8-11(15)4-5-13(12)19-14/h4-5,8,10,18H,3,6-7,9,15H2,1-2H3. The smallest absolute Gasteiger partial charge is 0.209 e. The second-order valence-electron chi connectivity index (χ2n) is 4.98. The van der Waals surface area contributed by atoms with Crippen LogP contribution in [0.5, 0.6) is 0 Å². The normalized spacial score (nSPS) is 11.8. The van der Waals surface area contributed by atoms with Crippen LogP contribution in [0.15, 0.2) is 22.6 Å². The van der Waals surface area contributed by atoms with Gasteiger partial charge in [-0.05, 0) is 38.5 Å². The fourth-order valence-corrected chi connectivity index (χ4v) is 2.03. The maximum atomic E-state index is 8.93. The highest BCUT2D eigenvalue weighted by molar-refractivity contribution is 5.76. The third-order valence-electron chi connectivity index (χ3n) is 3.13. The lowest BCUT2D eigenvalue weighted by atomic mass is 10.3. The lowest BCUT2D eigenvalue weighted by Gasteiger charge is -2.24. The predicted octanol–water partition coefficient (Wildman–Crippen LogP) is 2.00. The molecule has 0 aliphatic heterocycles. The molecule has 2 aromatic rings. The van der Waals surface area contributed by atoms with Gasteiger partial charge in [-0.25, -0.2) is 4.98 Å². The Labute approximate surface area is 113 Å². The molecule has 0 amide bonds. The number of nitrogens with two attached hydrogens (primary N) is 1. The number of aromatic nitrogens is 1. The summed E-state index contributed by atoms with van der Waals surface area (Å²) in [6.07, 6.45) is 0.755. The molecule has 2 rings (SSSR count). The van der Waals surface area contributed by atoms with Crippen molar-refractivity contribution in [2.75, 3.05) is 18.9 Å². The van der Waals surface area contributed by atoms with Crippen LogP contribution in [0, 0.1) is 0 Å². The molecule has 0 saturated heterocycles. The zero-order valence-electron chi connectivity index (χ0n) is 11.5. The number of fused-ring (bicyclic) bond motifs is 1. The highest BCUT2D eigenvalue weighted by atomic mass is 16.3. The number of hydrogen-bond acceptors (Lipinski definition) is 5. The summed E-state index contributed by atoms with van der Waals surface area (Å²) in [4.78, 5) is 6.68. The minimum absolute atomic E-state index is 0.202. The van der Waals surface area contributed by atoms with Crippen LogP contribution in [0.2, 0.25) is 0 Å². The quantitative estimate of drug-likeness (QED) is 0.780. The summed E-state index contributed by atoms with van der Waals surface area (Å²) < 4.78 is 5.71. The van der Waals surface area contributed by atoms with Gasteiger partial charge in [-0.15, -0.1) is 0 Å². The zero-order valence-corrected chi connectivity index (χ0v) is 11.5. The molecule has 0 fully saturated rings. The molecule has 0 aliphatic rings. The first-order valence-electron chi connectivity index (χ1n) is 6.60. The molecule has 0 unspecified atom stereocenters. The Balaban J connectivity index is 2.14. The molecule has 1 aromatic carbocycles. The van der Waals surface area contributed by atoms with E-state index in [0.29, 0.717) is 24.2 Å². The average Bonchev–Trinajstić information content (AvgIpc) is 2.75. The summed E-state index contributed by atoms with van der Waals surface area (Å²) in [5.41, 5.74) is 7.97. The van der Waals surface area contributed by atoms with E-state index in [4.69, 9.17) is 15.3 Å². The van der Waals surface area contributed by atoms with Crippen LogP contribution in [0.1, 0.15) is 26.2 Å². The predicted molar refractivity (Wildman–Crippen MR) is 75.7 cm³/mol. The van der Waals surface area contributed by atoms with Crippen LogP contribution in [0.4, 0.5) is 5.69 Å². The molecule has 19 heavy (non-hydrogen) atoms. The summed E-state index contributed by atoms with van der Waals surface area (Å²) in [5, 5.41) is 8.93. The van der Waals surface area contributed by atoms with Crippen molar-refractivity contribution in [1.82, 2.24) is 9.88 Å². The highest BCUT2D eigenvalue weighted by Crippen LogP contribution is 2.19. The molecule has 0 saturated carbocycles. The Morgan fingerprint density at radius 3 is 2.89 bits per heavy atom. The van der Waals surface area contributed by atoms with Crippen molar-refractivity contribution >= 4 is 16.8 Å². The fourth-order valence-electron chi connectivity index (χ4n) is 2.03. The molecule has 5 nitrogen and oxygen atoms in total. The SMILES string of the molecule is CC(C)N(CCCO)Cc1nc2cc(N)ccc2o1. The first-order valence-corrected chi connectivity index (χ1v) is 6.60. The number of anilines is 1. The van der Waals surface area contributed by atoms with E-state index >= 15 is 0 Å². The lowest BCUT2D eigenvalue weighted by molar-refractivity contribution is 0.172. The van der Waals surface area contributed by atoms with Crippen molar-refractivity contribution in [3.8, 4) is 0 Å². The van der Waals surface area contributed by atoms with Crippen molar-refractivity contribution < 1.29 is 9.52 Å². The molecule has 5 heteroatoms. The van der Waals surface area contributed by atoms with Gasteiger partial charge in [0.05, 0.1) is 6.54 Å².